The van der Waals surface area contributed by atoms with E-state index in [0.29, 0.717) is 11.3 Å². The summed E-state index contributed by atoms with van der Waals surface area (Å²) in [5.74, 6) is 0.986. The molecule has 2 heterocycles. The number of carbonyl (C=O) groups excluding carboxylic acids is 1. The highest BCUT2D eigenvalue weighted by Gasteiger charge is 2.16. The van der Waals surface area contributed by atoms with Crippen molar-refractivity contribution in [3.63, 3.8) is 0 Å². The predicted octanol–water partition coefficient (Wildman–Crippen LogP) is 3.06. The van der Waals surface area contributed by atoms with Crippen LogP contribution in [0.15, 0.2) is 26.7 Å². The van der Waals surface area contributed by atoms with Crippen LogP contribution in [0.4, 0.5) is 0 Å². The lowest BCUT2D eigenvalue weighted by atomic mass is 10.2. The topological polar surface area (TPSA) is 39.4 Å². The molecule has 3 nitrogen and oxygen atoms in total. The zero-order valence-corrected chi connectivity index (χ0v) is 11.1. The van der Waals surface area contributed by atoms with Crippen molar-refractivity contribution < 1.29 is 13.9 Å². The van der Waals surface area contributed by atoms with Crippen LogP contribution in [0.2, 0.25) is 0 Å². The van der Waals surface area contributed by atoms with Gasteiger partial charge >= 0.3 is 5.97 Å². The molecular formula is C12H11IO3. The van der Waals surface area contributed by atoms with E-state index in [9.17, 15) is 4.79 Å². The molecule has 0 spiro atoms. The molecule has 2 rings (SSSR count). The van der Waals surface area contributed by atoms with Gasteiger partial charge in [-0.1, -0.05) is 32.9 Å². The molecule has 0 aliphatic carbocycles. The van der Waals surface area contributed by atoms with Gasteiger partial charge in [0.25, 0.3) is 0 Å². The normalized spacial score (nSPS) is 14.2. The van der Waals surface area contributed by atoms with Crippen molar-refractivity contribution in [2.45, 2.75) is 6.92 Å². The SMILES string of the molecule is COC(=O)c1cc(C2=CC=CI=C2)oc1C. The summed E-state index contributed by atoms with van der Waals surface area (Å²) in [5.41, 5.74) is 1.55. The van der Waals surface area contributed by atoms with Crippen LogP contribution in [-0.4, -0.2) is 17.1 Å². The molecule has 0 radical (unpaired) electrons. The lowest BCUT2D eigenvalue weighted by molar-refractivity contribution is 0.0599. The first-order valence-electron chi connectivity index (χ1n) is 4.73. The summed E-state index contributed by atoms with van der Waals surface area (Å²) in [6, 6.07) is 1.74. The van der Waals surface area contributed by atoms with Gasteiger partial charge in [-0.2, -0.15) is 0 Å². The van der Waals surface area contributed by atoms with Gasteiger partial charge in [-0.3, -0.25) is 0 Å². The van der Waals surface area contributed by atoms with E-state index >= 15 is 0 Å². The molecule has 0 atom stereocenters. The Bertz CT molecular complexity index is 506. The van der Waals surface area contributed by atoms with Gasteiger partial charge in [0.05, 0.1) is 7.11 Å². The quantitative estimate of drug-likeness (QED) is 0.618. The summed E-state index contributed by atoms with van der Waals surface area (Å²) in [6.07, 6.45) is 4.01. The molecule has 0 fully saturated rings. The molecule has 0 saturated carbocycles. The third-order valence-electron chi connectivity index (χ3n) is 2.21. The Morgan fingerprint density at radius 1 is 1.50 bits per heavy atom. The smallest absolute Gasteiger partial charge is 0.341 e. The van der Waals surface area contributed by atoms with Crippen LogP contribution in [-0.2, 0) is 4.74 Å². The Hall–Kier alpha value is -1.17. The molecule has 1 aromatic rings. The molecule has 1 aliphatic rings. The molecule has 4 heteroatoms. The number of hydrogen-bond donors (Lipinski definition) is 0. The number of carbonyl (C=O) groups is 1. The largest absolute Gasteiger partial charge is 0.465 e. The highest BCUT2D eigenvalue weighted by atomic mass is 127. The Morgan fingerprint density at radius 2 is 2.31 bits per heavy atom. The van der Waals surface area contributed by atoms with E-state index in [1.54, 1.807) is 13.0 Å². The molecule has 0 unspecified atom stereocenters. The minimum atomic E-state index is -0.353. The summed E-state index contributed by atoms with van der Waals surface area (Å²) >= 11 is -0.0215. The van der Waals surface area contributed by atoms with E-state index < -0.39 is 0 Å². The number of aryl methyl sites for hydroxylation is 1. The van der Waals surface area contributed by atoms with Crippen LogP contribution < -0.4 is 0 Å². The monoisotopic (exact) mass is 330 g/mol. The van der Waals surface area contributed by atoms with Gasteiger partial charge in [0.1, 0.15) is 17.1 Å². The molecule has 0 amide bonds. The fourth-order valence-corrected chi connectivity index (χ4v) is 2.95. The molecule has 1 aliphatic heterocycles. The predicted molar refractivity (Wildman–Crippen MR) is 72.0 cm³/mol. The molecule has 0 saturated heterocycles. The summed E-state index contributed by atoms with van der Waals surface area (Å²) in [5, 5.41) is 0. The first kappa shape index (κ1) is 11.3. The van der Waals surface area contributed by atoms with E-state index in [1.807, 2.05) is 12.2 Å². The maximum absolute atomic E-state index is 11.4. The molecule has 0 aromatic carbocycles. The zero-order valence-electron chi connectivity index (χ0n) is 8.99. The number of methoxy groups -OCH3 is 1. The van der Waals surface area contributed by atoms with Gasteiger partial charge in [-0.05, 0) is 21.1 Å². The van der Waals surface area contributed by atoms with E-state index in [-0.39, 0.29) is 26.7 Å². The number of allylic oxidation sites excluding steroid dienone is 3. The first-order chi connectivity index (χ1) is 7.72. The highest BCUT2D eigenvalue weighted by molar-refractivity contribution is 14.2. The summed E-state index contributed by atoms with van der Waals surface area (Å²) in [7, 11) is 1.37. The second-order valence-corrected chi connectivity index (χ2v) is 5.31. The number of esters is 1. The molecule has 1 aromatic heterocycles. The van der Waals surface area contributed by atoms with Crippen molar-refractivity contribution in [1.29, 1.82) is 0 Å². The third kappa shape index (κ3) is 2.16. The molecular weight excluding hydrogens is 319 g/mol. The van der Waals surface area contributed by atoms with Crippen molar-refractivity contribution in [2.24, 2.45) is 0 Å². The van der Waals surface area contributed by atoms with Gasteiger partial charge < -0.3 is 9.15 Å². The average molecular weight is 330 g/mol. The van der Waals surface area contributed by atoms with E-state index in [4.69, 9.17) is 4.42 Å². The van der Waals surface area contributed by atoms with Crippen molar-refractivity contribution in [3.05, 3.63) is 39.4 Å². The van der Waals surface area contributed by atoms with Crippen LogP contribution in [0, 0.1) is 6.92 Å². The second-order valence-electron chi connectivity index (χ2n) is 3.25. The summed E-state index contributed by atoms with van der Waals surface area (Å²) < 4.78 is 14.6. The Labute approximate surface area is 104 Å². The van der Waals surface area contributed by atoms with Crippen molar-refractivity contribution in [2.75, 3.05) is 7.11 Å². The van der Waals surface area contributed by atoms with Gasteiger partial charge in [0.2, 0.25) is 0 Å². The maximum Gasteiger partial charge on any atom is 0.341 e. The van der Waals surface area contributed by atoms with Crippen LogP contribution in [0.1, 0.15) is 21.9 Å². The lowest BCUT2D eigenvalue weighted by Crippen LogP contribution is -2.00. The first-order valence-corrected chi connectivity index (χ1v) is 7.22. The van der Waals surface area contributed by atoms with Gasteiger partial charge in [-0.15, -0.1) is 0 Å². The van der Waals surface area contributed by atoms with Crippen molar-refractivity contribution in [3.8, 4) is 0 Å². The van der Waals surface area contributed by atoms with Gasteiger partial charge in [0, 0.05) is 5.57 Å². The van der Waals surface area contributed by atoms with Gasteiger partial charge in [0.15, 0.2) is 0 Å². The minimum absolute atomic E-state index is 0.0215. The lowest BCUT2D eigenvalue weighted by Gasteiger charge is -1.97. The average Bonchev–Trinajstić information content (AvgIpc) is 2.71. The van der Waals surface area contributed by atoms with Crippen molar-refractivity contribution in [1.82, 2.24) is 0 Å². The van der Waals surface area contributed by atoms with Crippen LogP contribution >= 0.6 is 20.7 Å². The molecule has 0 N–H and O–H groups in total. The third-order valence-corrected chi connectivity index (χ3v) is 4.07. The standard InChI is InChI=1S/C12H11IO3/c1-8-10(12(14)15-2)6-11(16-8)9-4-3-5-13-7-9/h3-7H,1-2H3. The molecule has 16 heavy (non-hydrogen) atoms. The number of furan rings is 1. The van der Waals surface area contributed by atoms with Crippen molar-refractivity contribution >= 4 is 36.3 Å². The second kappa shape index (κ2) is 4.78. The van der Waals surface area contributed by atoms with E-state index in [2.05, 4.69) is 12.8 Å². The van der Waals surface area contributed by atoms with E-state index in [1.165, 1.54) is 7.11 Å². The van der Waals surface area contributed by atoms with Crippen LogP contribution in [0.5, 0.6) is 0 Å². The Balaban J connectivity index is 2.38. The zero-order chi connectivity index (χ0) is 11.5. The highest BCUT2D eigenvalue weighted by Crippen LogP contribution is 2.24. The molecule has 84 valence electrons. The summed E-state index contributed by atoms with van der Waals surface area (Å²) in [4.78, 5) is 11.4. The summed E-state index contributed by atoms with van der Waals surface area (Å²) in [6.45, 7) is 1.77. The minimum Gasteiger partial charge on any atom is -0.465 e. The van der Waals surface area contributed by atoms with Crippen LogP contribution in [0.3, 0.4) is 0 Å². The molecule has 0 bridgehead atoms. The van der Waals surface area contributed by atoms with E-state index in [0.717, 1.165) is 11.3 Å². The number of rotatable bonds is 2. The number of hydrogen-bond acceptors (Lipinski definition) is 3. The Morgan fingerprint density at radius 3 is 2.94 bits per heavy atom. The van der Waals surface area contributed by atoms with Crippen LogP contribution in [0.25, 0.3) is 5.57 Å². The van der Waals surface area contributed by atoms with Gasteiger partial charge in [-0.25, -0.2) is 4.79 Å². The number of halogens is 1. The maximum atomic E-state index is 11.4. The fourth-order valence-electron chi connectivity index (χ4n) is 1.40. The Kier molecular flexibility index (Phi) is 3.38. The number of ether oxygens (including phenoxy) is 1. The fraction of sp³-hybridized carbons (Fsp3) is 0.167.